The number of aliphatic hydroxyl groups is 1. The Morgan fingerprint density at radius 2 is 2.04 bits per heavy atom. The number of hydrogen-bond acceptors (Lipinski definition) is 3. The van der Waals surface area contributed by atoms with Gasteiger partial charge < -0.3 is 20.6 Å². The maximum Gasteiger partial charge on any atom is 0.315 e. The molecule has 5 nitrogen and oxygen atoms in total. The number of nitrogens with one attached hydrogen (secondary N) is 2. The van der Waals surface area contributed by atoms with E-state index in [1.54, 1.807) is 0 Å². The number of likely N-dealkylation sites (tertiary alicyclic amines) is 1. The van der Waals surface area contributed by atoms with E-state index in [2.05, 4.69) is 22.5 Å². The molecule has 0 aromatic rings. The Morgan fingerprint density at radius 3 is 2.70 bits per heavy atom. The van der Waals surface area contributed by atoms with Crippen LogP contribution in [0.2, 0.25) is 0 Å². The second-order valence-electron chi connectivity index (χ2n) is 7.64. The van der Waals surface area contributed by atoms with Gasteiger partial charge in [-0.15, -0.1) is 0 Å². The normalized spacial score (nSPS) is 25.4. The van der Waals surface area contributed by atoms with Crippen LogP contribution < -0.4 is 10.6 Å². The molecule has 3 atom stereocenters. The first-order valence-corrected chi connectivity index (χ1v) is 9.51. The number of nitrogens with zero attached hydrogens (tertiary/aromatic N) is 1. The van der Waals surface area contributed by atoms with E-state index >= 15 is 0 Å². The summed E-state index contributed by atoms with van der Waals surface area (Å²) in [7, 11) is 0. The van der Waals surface area contributed by atoms with Crippen molar-refractivity contribution >= 4 is 6.03 Å². The summed E-state index contributed by atoms with van der Waals surface area (Å²) in [4.78, 5) is 14.7. The second-order valence-corrected chi connectivity index (χ2v) is 7.64. The lowest BCUT2D eigenvalue weighted by atomic mass is 10.0. The first kappa shape index (κ1) is 18.5. The fourth-order valence-electron chi connectivity index (χ4n) is 3.97. The van der Waals surface area contributed by atoms with Crippen molar-refractivity contribution in [3.63, 3.8) is 0 Å². The van der Waals surface area contributed by atoms with Crippen LogP contribution in [-0.4, -0.2) is 54.4 Å². The zero-order valence-electron chi connectivity index (χ0n) is 14.9. The maximum atomic E-state index is 12.2. The standard InChI is InChI=1S/C18H35N3O2/c1-3-16(10-14(2)13-22)19-18(23)20-17-8-9-21(12-17)11-15-6-4-5-7-15/h14-17,22H,3-13H2,1-2H3,(H2,19,20,23)/t14-,16+,17+/m0/s1. The minimum Gasteiger partial charge on any atom is -0.396 e. The Morgan fingerprint density at radius 1 is 1.30 bits per heavy atom. The molecule has 1 heterocycles. The molecular formula is C18H35N3O2. The van der Waals surface area contributed by atoms with Crippen molar-refractivity contribution < 1.29 is 9.90 Å². The summed E-state index contributed by atoms with van der Waals surface area (Å²) in [6.45, 7) is 7.59. The molecule has 0 bridgehead atoms. The Bertz CT molecular complexity index is 358. The molecule has 1 saturated carbocycles. The largest absolute Gasteiger partial charge is 0.396 e. The van der Waals surface area contributed by atoms with Crippen LogP contribution >= 0.6 is 0 Å². The van der Waals surface area contributed by atoms with Gasteiger partial charge in [-0.25, -0.2) is 4.79 Å². The zero-order chi connectivity index (χ0) is 16.7. The van der Waals surface area contributed by atoms with E-state index in [1.807, 2.05) is 6.92 Å². The molecule has 2 fully saturated rings. The van der Waals surface area contributed by atoms with E-state index in [9.17, 15) is 4.79 Å². The number of hydrogen-bond donors (Lipinski definition) is 3. The van der Waals surface area contributed by atoms with Gasteiger partial charge >= 0.3 is 6.03 Å². The second kappa shape index (κ2) is 9.48. The Hall–Kier alpha value is -0.810. The summed E-state index contributed by atoms with van der Waals surface area (Å²) in [6, 6.07) is 0.382. The van der Waals surface area contributed by atoms with Gasteiger partial charge in [0.05, 0.1) is 0 Å². The zero-order valence-corrected chi connectivity index (χ0v) is 14.9. The molecule has 2 aliphatic rings. The van der Waals surface area contributed by atoms with Gasteiger partial charge in [0, 0.05) is 38.3 Å². The quantitative estimate of drug-likeness (QED) is 0.642. The third kappa shape index (κ3) is 6.30. The Labute approximate surface area is 141 Å². The van der Waals surface area contributed by atoms with E-state index in [0.717, 1.165) is 38.3 Å². The summed E-state index contributed by atoms with van der Waals surface area (Å²) in [6.07, 6.45) is 8.35. The monoisotopic (exact) mass is 325 g/mol. The number of rotatable bonds is 8. The molecule has 1 saturated heterocycles. The van der Waals surface area contributed by atoms with Gasteiger partial charge in [-0.2, -0.15) is 0 Å². The van der Waals surface area contributed by atoms with Crippen LogP contribution in [0.5, 0.6) is 0 Å². The average molecular weight is 325 g/mol. The molecule has 1 aliphatic heterocycles. The number of amides is 2. The molecule has 0 radical (unpaired) electrons. The van der Waals surface area contributed by atoms with Gasteiger partial charge in [-0.1, -0.05) is 26.7 Å². The summed E-state index contributed by atoms with van der Waals surface area (Å²) in [5.41, 5.74) is 0. The third-order valence-electron chi connectivity index (χ3n) is 5.43. The topological polar surface area (TPSA) is 64.6 Å². The van der Waals surface area contributed by atoms with Crippen LogP contribution in [0.1, 0.15) is 58.8 Å². The van der Waals surface area contributed by atoms with E-state index in [1.165, 1.54) is 32.2 Å². The fourth-order valence-corrected chi connectivity index (χ4v) is 3.97. The van der Waals surface area contributed by atoms with Crippen LogP contribution in [0.15, 0.2) is 0 Å². The molecule has 5 heteroatoms. The highest BCUT2D eigenvalue weighted by atomic mass is 16.3. The van der Waals surface area contributed by atoms with E-state index < -0.39 is 0 Å². The smallest absolute Gasteiger partial charge is 0.315 e. The number of aliphatic hydroxyl groups excluding tert-OH is 1. The summed E-state index contributed by atoms with van der Waals surface area (Å²) < 4.78 is 0. The van der Waals surface area contributed by atoms with Crippen LogP contribution in [0.4, 0.5) is 4.79 Å². The van der Waals surface area contributed by atoms with Gasteiger partial charge in [0.2, 0.25) is 0 Å². The van der Waals surface area contributed by atoms with Crippen molar-refractivity contribution in [1.29, 1.82) is 0 Å². The molecule has 0 spiro atoms. The SMILES string of the molecule is CC[C@H](C[C@H](C)CO)NC(=O)N[C@@H]1CCN(CC2CCCC2)C1. The molecule has 0 aromatic heterocycles. The predicted octanol–water partition coefficient (Wildman–Crippen LogP) is 2.35. The van der Waals surface area contributed by atoms with E-state index in [0.29, 0.717) is 0 Å². The van der Waals surface area contributed by atoms with E-state index in [4.69, 9.17) is 5.11 Å². The summed E-state index contributed by atoms with van der Waals surface area (Å²) in [5, 5.41) is 15.4. The molecule has 0 aromatic carbocycles. The molecule has 0 unspecified atom stereocenters. The van der Waals surface area contributed by atoms with Gasteiger partial charge in [0.1, 0.15) is 0 Å². The molecule has 2 rings (SSSR count). The van der Waals surface area contributed by atoms with Gasteiger partial charge in [0.15, 0.2) is 0 Å². The van der Waals surface area contributed by atoms with Crippen molar-refractivity contribution in [2.75, 3.05) is 26.2 Å². The lowest BCUT2D eigenvalue weighted by Gasteiger charge is -2.23. The minimum absolute atomic E-state index is 0.0466. The molecular weight excluding hydrogens is 290 g/mol. The van der Waals surface area contributed by atoms with Gasteiger partial charge in [-0.3, -0.25) is 0 Å². The predicted molar refractivity (Wildman–Crippen MR) is 93.4 cm³/mol. The van der Waals surface area contributed by atoms with Gasteiger partial charge in [-0.05, 0) is 43.9 Å². The van der Waals surface area contributed by atoms with Crippen molar-refractivity contribution in [3.8, 4) is 0 Å². The number of urea groups is 1. The highest BCUT2D eigenvalue weighted by molar-refractivity contribution is 5.74. The lowest BCUT2D eigenvalue weighted by Crippen LogP contribution is -2.47. The number of carbonyl (C=O) groups excluding carboxylic acids is 1. The molecule has 23 heavy (non-hydrogen) atoms. The van der Waals surface area contributed by atoms with Crippen LogP contribution in [0, 0.1) is 11.8 Å². The first-order valence-electron chi connectivity index (χ1n) is 9.51. The fraction of sp³-hybridized carbons (Fsp3) is 0.944. The van der Waals surface area contributed by atoms with Crippen molar-refractivity contribution in [2.45, 2.75) is 70.9 Å². The highest BCUT2D eigenvalue weighted by Gasteiger charge is 2.27. The molecule has 1 aliphatic carbocycles. The minimum atomic E-state index is -0.0466. The van der Waals surface area contributed by atoms with Crippen LogP contribution in [0.3, 0.4) is 0 Å². The summed E-state index contributed by atoms with van der Waals surface area (Å²) >= 11 is 0. The van der Waals surface area contributed by atoms with Gasteiger partial charge in [0.25, 0.3) is 0 Å². The maximum absolute atomic E-state index is 12.2. The van der Waals surface area contributed by atoms with Crippen LogP contribution in [0.25, 0.3) is 0 Å². The van der Waals surface area contributed by atoms with Crippen LogP contribution in [-0.2, 0) is 0 Å². The van der Waals surface area contributed by atoms with Crippen molar-refractivity contribution in [3.05, 3.63) is 0 Å². The van der Waals surface area contributed by atoms with Crippen molar-refractivity contribution in [2.24, 2.45) is 11.8 Å². The summed E-state index contributed by atoms with van der Waals surface area (Å²) in [5.74, 6) is 1.11. The lowest BCUT2D eigenvalue weighted by molar-refractivity contribution is 0.208. The molecule has 2 amide bonds. The molecule has 134 valence electrons. The highest BCUT2D eigenvalue weighted by Crippen LogP contribution is 2.26. The average Bonchev–Trinajstić information content (AvgIpc) is 3.19. The molecule has 3 N–H and O–H groups in total. The number of carbonyl (C=O) groups is 1. The Balaban J connectivity index is 1.66. The first-order chi connectivity index (χ1) is 11.1. The van der Waals surface area contributed by atoms with E-state index in [-0.39, 0.29) is 30.6 Å². The third-order valence-corrected chi connectivity index (χ3v) is 5.43. The Kier molecular flexibility index (Phi) is 7.63. The van der Waals surface area contributed by atoms with Crippen molar-refractivity contribution in [1.82, 2.24) is 15.5 Å².